The second-order valence-electron chi connectivity index (χ2n) is 8.04. The number of hydrogen-bond donors (Lipinski definition) is 1. The summed E-state index contributed by atoms with van der Waals surface area (Å²) in [5.41, 5.74) is 4.54. The molecule has 7 nitrogen and oxygen atoms in total. The maximum Gasteiger partial charge on any atom is 0.259 e. The number of hydrogen-bond acceptors (Lipinski definition) is 5. The maximum absolute atomic E-state index is 13.4. The highest BCUT2D eigenvalue weighted by Gasteiger charge is 2.19. The summed E-state index contributed by atoms with van der Waals surface area (Å²) in [6.45, 7) is 1.87. The Labute approximate surface area is 208 Å². The van der Waals surface area contributed by atoms with Crippen LogP contribution in [-0.4, -0.2) is 20.7 Å². The number of carbonyl (C=O) groups excluding carboxylic acids is 1. The zero-order valence-corrected chi connectivity index (χ0v) is 19.4. The monoisotopic (exact) mass is 471 g/mol. The first kappa shape index (κ1) is 22.6. The van der Waals surface area contributed by atoms with Crippen LogP contribution in [0.1, 0.15) is 21.5 Å². The van der Waals surface area contributed by atoms with Crippen LogP contribution in [0.5, 0.6) is 11.6 Å². The summed E-state index contributed by atoms with van der Waals surface area (Å²) in [7, 11) is 0. The average Bonchev–Trinajstić information content (AvgIpc) is 3.37. The minimum absolute atomic E-state index is 0.233. The van der Waals surface area contributed by atoms with E-state index >= 15 is 0 Å². The van der Waals surface area contributed by atoms with E-state index in [4.69, 9.17) is 9.84 Å². The summed E-state index contributed by atoms with van der Waals surface area (Å²) in [4.78, 5) is 17.5. The van der Waals surface area contributed by atoms with Gasteiger partial charge in [0, 0.05) is 23.6 Å². The number of aryl methyl sites for hydroxylation is 1. The van der Waals surface area contributed by atoms with Gasteiger partial charge in [-0.05, 0) is 55.0 Å². The van der Waals surface area contributed by atoms with E-state index in [9.17, 15) is 10.1 Å². The van der Waals surface area contributed by atoms with Gasteiger partial charge in [-0.2, -0.15) is 10.4 Å². The van der Waals surface area contributed by atoms with Crippen molar-refractivity contribution in [1.29, 1.82) is 5.26 Å². The van der Waals surface area contributed by atoms with Crippen molar-refractivity contribution in [3.63, 3.8) is 0 Å². The molecule has 0 aliphatic carbocycles. The van der Waals surface area contributed by atoms with Crippen molar-refractivity contribution in [2.24, 2.45) is 0 Å². The quantitative estimate of drug-likeness (QED) is 0.320. The normalized spacial score (nSPS) is 10.4. The Morgan fingerprint density at radius 2 is 1.72 bits per heavy atom. The van der Waals surface area contributed by atoms with Crippen LogP contribution >= 0.6 is 0 Å². The zero-order valence-electron chi connectivity index (χ0n) is 19.4. The van der Waals surface area contributed by atoms with Crippen LogP contribution in [-0.2, 0) is 0 Å². The van der Waals surface area contributed by atoms with Gasteiger partial charge in [-0.15, -0.1) is 0 Å². The lowest BCUT2D eigenvalue weighted by atomic mass is 10.1. The molecule has 5 rings (SSSR count). The molecule has 0 aliphatic heterocycles. The highest BCUT2D eigenvalue weighted by atomic mass is 16.5. The first-order valence-electron chi connectivity index (χ1n) is 11.3. The summed E-state index contributed by atoms with van der Waals surface area (Å²) >= 11 is 0. The number of carbonyl (C=O) groups is 1. The predicted octanol–water partition coefficient (Wildman–Crippen LogP) is 6.16. The molecule has 36 heavy (non-hydrogen) atoms. The van der Waals surface area contributed by atoms with Crippen molar-refractivity contribution in [3.05, 3.63) is 120 Å². The first-order valence-corrected chi connectivity index (χ1v) is 11.3. The van der Waals surface area contributed by atoms with E-state index in [1.54, 1.807) is 47.4 Å². The lowest BCUT2D eigenvalue weighted by Crippen LogP contribution is -2.13. The lowest BCUT2D eigenvalue weighted by Gasteiger charge is -2.11. The van der Waals surface area contributed by atoms with Gasteiger partial charge in [-0.25, -0.2) is 9.67 Å². The summed E-state index contributed by atoms with van der Waals surface area (Å²) < 4.78 is 7.50. The van der Waals surface area contributed by atoms with Crippen LogP contribution in [0, 0.1) is 18.3 Å². The Hall–Kier alpha value is -5.22. The van der Waals surface area contributed by atoms with Gasteiger partial charge in [-0.1, -0.05) is 48.5 Å². The molecule has 174 valence electrons. The van der Waals surface area contributed by atoms with Gasteiger partial charge >= 0.3 is 0 Å². The third-order valence-corrected chi connectivity index (χ3v) is 5.58. The number of amides is 1. The number of nitriles is 1. The van der Waals surface area contributed by atoms with Gasteiger partial charge in [0.1, 0.15) is 23.1 Å². The molecule has 0 fully saturated rings. The van der Waals surface area contributed by atoms with Crippen LogP contribution in [0.2, 0.25) is 0 Å². The molecule has 0 bridgehead atoms. The molecular weight excluding hydrogens is 450 g/mol. The fraction of sp³-hybridized carbons (Fsp3) is 0.0345. The lowest BCUT2D eigenvalue weighted by molar-refractivity contribution is 0.102. The molecule has 3 aromatic carbocycles. The maximum atomic E-state index is 13.4. The van der Waals surface area contributed by atoms with Gasteiger partial charge in [-0.3, -0.25) is 4.79 Å². The molecule has 0 radical (unpaired) electrons. The van der Waals surface area contributed by atoms with Crippen molar-refractivity contribution < 1.29 is 9.53 Å². The van der Waals surface area contributed by atoms with E-state index < -0.39 is 0 Å². The second-order valence-corrected chi connectivity index (χ2v) is 8.04. The van der Waals surface area contributed by atoms with E-state index in [2.05, 4.69) is 16.4 Å². The second kappa shape index (κ2) is 9.95. The third-order valence-electron chi connectivity index (χ3n) is 5.58. The van der Waals surface area contributed by atoms with E-state index in [-0.39, 0.29) is 11.8 Å². The standard InChI is InChI=1S/C29H21N5O2/c1-20-17-24(36-29-22(18-30)11-8-16-31-29)14-15-26(20)32-28(35)25-19-34(23-12-6-3-7-13-23)33-27(25)21-9-4-2-5-10-21/h2-17,19H,1H3,(H,32,35). The molecule has 0 spiro atoms. The number of nitrogens with zero attached hydrogens (tertiary/aromatic N) is 4. The number of benzene rings is 3. The largest absolute Gasteiger partial charge is 0.438 e. The third kappa shape index (κ3) is 4.69. The molecule has 1 amide bonds. The molecule has 7 heteroatoms. The summed E-state index contributed by atoms with van der Waals surface area (Å²) in [6, 6.07) is 29.9. The van der Waals surface area contributed by atoms with E-state index in [0.29, 0.717) is 28.3 Å². The van der Waals surface area contributed by atoms with E-state index in [1.807, 2.05) is 67.6 Å². The molecule has 2 aromatic heterocycles. The number of nitrogens with one attached hydrogen (secondary N) is 1. The van der Waals surface area contributed by atoms with E-state index in [0.717, 1.165) is 16.8 Å². The van der Waals surface area contributed by atoms with Crippen LogP contribution in [0.15, 0.2) is 103 Å². The molecule has 0 saturated heterocycles. The molecule has 1 N–H and O–H groups in total. The Bertz CT molecular complexity index is 1570. The SMILES string of the molecule is Cc1cc(Oc2ncccc2C#N)ccc1NC(=O)c1cn(-c2ccccc2)nc1-c1ccccc1. The van der Waals surface area contributed by atoms with Crippen LogP contribution in [0.3, 0.4) is 0 Å². The number of pyridine rings is 1. The molecule has 5 aromatic rings. The van der Waals surface area contributed by atoms with Gasteiger partial charge in [0.05, 0.1) is 11.3 Å². The Morgan fingerprint density at radius 3 is 2.44 bits per heavy atom. The van der Waals surface area contributed by atoms with Crippen LogP contribution in [0.4, 0.5) is 5.69 Å². The topological polar surface area (TPSA) is 92.8 Å². The number of ether oxygens (including phenoxy) is 1. The molecular formula is C29H21N5O2. The minimum atomic E-state index is -0.274. The van der Waals surface area contributed by atoms with Crippen LogP contribution in [0.25, 0.3) is 16.9 Å². The first-order chi connectivity index (χ1) is 17.6. The fourth-order valence-corrected chi connectivity index (χ4v) is 3.76. The average molecular weight is 472 g/mol. The Balaban J connectivity index is 1.43. The number of aromatic nitrogens is 3. The Morgan fingerprint density at radius 1 is 0.972 bits per heavy atom. The van der Waals surface area contributed by atoms with Crippen LogP contribution < -0.4 is 10.1 Å². The number of anilines is 1. The highest BCUT2D eigenvalue weighted by Crippen LogP contribution is 2.29. The van der Waals surface area contributed by atoms with Crippen molar-refractivity contribution in [2.45, 2.75) is 6.92 Å². The fourth-order valence-electron chi connectivity index (χ4n) is 3.76. The Kier molecular flexibility index (Phi) is 6.24. The van der Waals surface area contributed by atoms with Crippen molar-refractivity contribution in [3.8, 4) is 34.6 Å². The predicted molar refractivity (Wildman–Crippen MR) is 137 cm³/mol. The summed E-state index contributed by atoms with van der Waals surface area (Å²) in [5, 5.41) is 17.0. The number of rotatable bonds is 6. The molecule has 0 aliphatic rings. The molecule has 0 saturated carbocycles. The summed E-state index contributed by atoms with van der Waals surface area (Å²) in [5.74, 6) is 0.476. The molecule has 0 unspecified atom stereocenters. The van der Waals surface area contributed by atoms with Crippen molar-refractivity contribution in [2.75, 3.05) is 5.32 Å². The van der Waals surface area contributed by atoms with Crippen molar-refractivity contribution in [1.82, 2.24) is 14.8 Å². The highest BCUT2D eigenvalue weighted by molar-refractivity contribution is 6.08. The smallest absolute Gasteiger partial charge is 0.259 e. The van der Waals surface area contributed by atoms with Gasteiger partial charge in [0.25, 0.3) is 5.91 Å². The van der Waals surface area contributed by atoms with Crippen molar-refractivity contribution >= 4 is 11.6 Å². The summed E-state index contributed by atoms with van der Waals surface area (Å²) in [6.07, 6.45) is 3.31. The van der Waals surface area contributed by atoms with Gasteiger partial charge in [0.2, 0.25) is 5.88 Å². The number of para-hydroxylation sites is 1. The molecule has 2 heterocycles. The van der Waals surface area contributed by atoms with Gasteiger partial charge < -0.3 is 10.1 Å². The minimum Gasteiger partial charge on any atom is -0.438 e. The zero-order chi connectivity index (χ0) is 24.9. The molecule has 0 atom stereocenters. The van der Waals surface area contributed by atoms with Gasteiger partial charge in [0.15, 0.2) is 0 Å². The van der Waals surface area contributed by atoms with E-state index in [1.165, 1.54) is 0 Å².